The van der Waals surface area contributed by atoms with E-state index in [1.807, 2.05) is 43.3 Å². The summed E-state index contributed by atoms with van der Waals surface area (Å²) in [5.74, 6) is 0.635. The van der Waals surface area contributed by atoms with Gasteiger partial charge in [0.1, 0.15) is 6.54 Å². The summed E-state index contributed by atoms with van der Waals surface area (Å²) < 4.78 is 6.95. The summed E-state index contributed by atoms with van der Waals surface area (Å²) in [4.78, 5) is 20.7. The first kappa shape index (κ1) is 16.2. The van der Waals surface area contributed by atoms with Crippen molar-refractivity contribution in [2.75, 3.05) is 0 Å². The van der Waals surface area contributed by atoms with Gasteiger partial charge in [-0.25, -0.2) is 14.5 Å². The van der Waals surface area contributed by atoms with Gasteiger partial charge < -0.3 is 4.42 Å². The third-order valence-corrected chi connectivity index (χ3v) is 4.34. The minimum atomic E-state index is -0.509. The second-order valence-corrected chi connectivity index (χ2v) is 6.36. The van der Waals surface area contributed by atoms with Crippen molar-refractivity contribution in [2.24, 2.45) is 0 Å². The molecule has 5 aromatic rings. The Balaban J connectivity index is 1.72. The maximum atomic E-state index is 11.7. The summed E-state index contributed by atoms with van der Waals surface area (Å²) in [5.41, 5.74) is 3.74. The van der Waals surface area contributed by atoms with Gasteiger partial charge in [-0.05, 0) is 36.8 Å². The highest BCUT2D eigenvalue weighted by Gasteiger charge is 2.18. The van der Waals surface area contributed by atoms with Crippen LogP contribution >= 0.6 is 0 Å². The lowest BCUT2D eigenvalue weighted by molar-refractivity contribution is 0.555. The number of nitrogens with one attached hydrogen (secondary N) is 1. The largest absolute Gasteiger partial charge is 0.417 e. The third kappa shape index (κ3) is 2.78. The summed E-state index contributed by atoms with van der Waals surface area (Å²) in [6.45, 7) is 2.35. The van der Waals surface area contributed by atoms with E-state index >= 15 is 0 Å². The molecule has 1 N–H and O–H groups in total. The van der Waals surface area contributed by atoms with Gasteiger partial charge in [-0.15, -0.1) is 5.10 Å². The van der Waals surface area contributed by atoms with Crippen molar-refractivity contribution in [1.82, 2.24) is 34.7 Å². The smallest absolute Gasteiger partial charge is 0.408 e. The lowest BCUT2D eigenvalue weighted by Gasteiger charge is -2.07. The fourth-order valence-electron chi connectivity index (χ4n) is 3.15. The molecule has 9 heteroatoms. The quantitative estimate of drug-likeness (QED) is 0.518. The normalized spacial score (nSPS) is 11.3. The van der Waals surface area contributed by atoms with Crippen molar-refractivity contribution < 1.29 is 4.42 Å². The predicted molar refractivity (Wildman–Crippen MR) is 101 cm³/mol. The van der Waals surface area contributed by atoms with E-state index in [0.717, 1.165) is 16.8 Å². The Kier molecular flexibility index (Phi) is 3.64. The van der Waals surface area contributed by atoms with Crippen LogP contribution in [0.4, 0.5) is 0 Å². The van der Waals surface area contributed by atoms with Crippen molar-refractivity contribution in [3.8, 4) is 17.1 Å². The number of nitrogens with zero attached hydrogens (tertiary/aromatic N) is 6. The van der Waals surface area contributed by atoms with Crippen molar-refractivity contribution >= 4 is 11.1 Å². The van der Waals surface area contributed by atoms with Gasteiger partial charge in [-0.2, -0.15) is 15.0 Å². The predicted octanol–water partition coefficient (Wildman–Crippen LogP) is 2.32. The van der Waals surface area contributed by atoms with E-state index in [2.05, 4.69) is 20.3 Å². The number of benzene rings is 2. The molecule has 0 bridgehead atoms. The molecule has 0 fully saturated rings. The van der Waals surface area contributed by atoms with Crippen LogP contribution in [0.3, 0.4) is 0 Å². The summed E-state index contributed by atoms with van der Waals surface area (Å²) >= 11 is 0. The molecule has 0 saturated heterocycles. The third-order valence-electron chi connectivity index (χ3n) is 4.34. The number of fused-ring (bicyclic) bond motifs is 1. The van der Waals surface area contributed by atoms with Gasteiger partial charge in [-0.1, -0.05) is 18.2 Å². The fourth-order valence-corrected chi connectivity index (χ4v) is 3.15. The Labute approximate surface area is 158 Å². The molecule has 3 heterocycles. The number of hydrogen-bond acceptors (Lipinski definition) is 6. The van der Waals surface area contributed by atoms with Crippen molar-refractivity contribution in [1.29, 1.82) is 0 Å². The maximum absolute atomic E-state index is 11.7. The summed E-state index contributed by atoms with van der Waals surface area (Å²) in [5, 5.41) is 12.9. The molecule has 138 valence electrons. The minimum absolute atomic E-state index is 0.330. The number of H-pyrrole nitrogens is 1. The van der Waals surface area contributed by atoms with E-state index in [9.17, 15) is 4.79 Å². The van der Waals surface area contributed by atoms with Crippen LogP contribution in [0.1, 0.15) is 11.4 Å². The first-order valence-corrected chi connectivity index (χ1v) is 8.67. The summed E-state index contributed by atoms with van der Waals surface area (Å²) in [6.07, 6.45) is 3.21. The zero-order valence-corrected chi connectivity index (χ0v) is 14.9. The molecule has 3 aromatic heterocycles. The van der Waals surface area contributed by atoms with Gasteiger partial charge in [0.25, 0.3) is 0 Å². The molecule has 9 nitrogen and oxygen atoms in total. The molecule has 0 aliphatic rings. The topological polar surface area (TPSA) is 107 Å². The lowest BCUT2D eigenvalue weighted by Crippen LogP contribution is -2.06. The molecular formula is C19H15N7O2. The average molecular weight is 373 g/mol. The molecule has 0 aliphatic heterocycles. The standard InChI is InChI=1S/C19H15N7O2/c1-12-4-2-5-13(10-12)26-18(22-16(24-26)11-25-20-8-9-21-25)14-6-3-7-15-17(14)23-19(27)28-15/h2-10H,11H2,1H3,(H,23,27). The van der Waals surface area contributed by atoms with E-state index in [-0.39, 0.29) is 0 Å². The van der Waals surface area contributed by atoms with E-state index < -0.39 is 5.76 Å². The molecule has 0 unspecified atom stereocenters. The van der Waals surface area contributed by atoms with Crippen molar-refractivity contribution in [3.63, 3.8) is 0 Å². The number of para-hydroxylation sites is 1. The number of aryl methyl sites for hydroxylation is 1. The molecule has 0 aliphatic carbocycles. The van der Waals surface area contributed by atoms with Crippen molar-refractivity contribution in [2.45, 2.75) is 13.5 Å². The van der Waals surface area contributed by atoms with Crippen LogP contribution in [-0.4, -0.2) is 34.7 Å². The Morgan fingerprint density at radius 2 is 1.93 bits per heavy atom. The highest BCUT2D eigenvalue weighted by Crippen LogP contribution is 2.27. The first-order valence-electron chi connectivity index (χ1n) is 8.67. The summed E-state index contributed by atoms with van der Waals surface area (Å²) in [7, 11) is 0. The highest BCUT2D eigenvalue weighted by molar-refractivity contribution is 5.88. The van der Waals surface area contributed by atoms with Gasteiger partial charge in [-0.3, -0.25) is 4.98 Å². The maximum Gasteiger partial charge on any atom is 0.417 e. The van der Waals surface area contributed by atoms with E-state index in [4.69, 9.17) is 9.40 Å². The van der Waals surface area contributed by atoms with Crippen LogP contribution < -0.4 is 5.76 Å². The van der Waals surface area contributed by atoms with Crippen LogP contribution in [0.5, 0.6) is 0 Å². The zero-order valence-electron chi connectivity index (χ0n) is 14.9. The number of aromatic amines is 1. The second kappa shape index (κ2) is 6.31. The molecule has 0 saturated carbocycles. The van der Waals surface area contributed by atoms with Gasteiger partial charge in [0.05, 0.1) is 23.6 Å². The number of hydrogen-bond donors (Lipinski definition) is 1. The molecule has 0 amide bonds. The second-order valence-electron chi connectivity index (χ2n) is 6.36. The molecule has 0 atom stereocenters. The number of oxazole rings is 1. The highest BCUT2D eigenvalue weighted by atomic mass is 16.4. The average Bonchev–Trinajstić information content (AvgIpc) is 3.40. The Bertz CT molecular complexity index is 1330. The Morgan fingerprint density at radius 3 is 2.75 bits per heavy atom. The van der Waals surface area contributed by atoms with Crippen LogP contribution in [0.15, 0.2) is 64.1 Å². The van der Waals surface area contributed by atoms with Gasteiger partial charge in [0.15, 0.2) is 17.2 Å². The molecule has 0 radical (unpaired) electrons. The van der Waals surface area contributed by atoms with E-state index in [1.165, 1.54) is 4.80 Å². The van der Waals surface area contributed by atoms with E-state index in [0.29, 0.717) is 29.3 Å². The monoisotopic (exact) mass is 373 g/mol. The van der Waals surface area contributed by atoms with Gasteiger partial charge in [0.2, 0.25) is 0 Å². The molecule has 0 spiro atoms. The number of rotatable bonds is 4. The first-order chi connectivity index (χ1) is 13.7. The Hall–Kier alpha value is -4.01. The molecule has 28 heavy (non-hydrogen) atoms. The van der Waals surface area contributed by atoms with E-state index in [1.54, 1.807) is 23.1 Å². The molecule has 5 rings (SSSR count). The van der Waals surface area contributed by atoms with Crippen LogP contribution in [0, 0.1) is 6.92 Å². The minimum Gasteiger partial charge on any atom is -0.408 e. The number of aromatic nitrogens is 7. The van der Waals surface area contributed by atoms with Crippen LogP contribution in [-0.2, 0) is 6.54 Å². The SMILES string of the molecule is Cc1cccc(-n2nc(Cn3nccn3)nc2-c2cccc3oc(=O)[nH]c23)c1. The fraction of sp³-hybridized carbons (Fsp3) is 0.105. The lowest BCUT2D eigenvalue weighted by atomic mass is 10.1. The van der Waals surface area contributed by atoms with Crippen LogP contribution in [0.25, 0.3) is 28.2 Å². The van der Waals surface area contributed by atoms with Crippen LogP contribution in [0.2, 0.25) is 0 Å². The summed E-state index contributed by atoms with van der Waals surface area (Å²) in [6, 6.07) is 13.4. The van der Waals surface area contributed by atoms with Crippen molar-refractivity contribution in [3.05, 3.63) is 76.8 Å². The Morgan fingerprint density at radius 1 is 1.11 bits per heavy atom. The molecule has 2 aromatic carbocycles. The van der Waals surface area contributed by atoms with Gasteiger partial charge in [0, 0.05) is 5.56 Å². The molecular weight excluding hydrogens is 358 g/mol. The van der Waals surface area contributed by atoms with Gasteiger partial charge >= 0.3 is 5.76 Å². The zero-order chi connectivity index (χ0) is 19.1.